The largest absolute Gasteiger partial charge is 0.368 e. The highest BCUT2D eigenvalue weighted by molar-refractivity contribution is 8.14. The molecule has 2 aromatic carbocycles. The first-order valence-electron chi connectivity index (χ1n) is 6.04. The Labute approximate surface area is 117 Å². The van der Waals surface area contributed by atoms with Crippen molar-refractivity contribution in [2.45, 2.75) is 0 Å². The van der Waals surface area contributed by atoms with Crippen LogP contribution in [-0.2, 0) is 0 Å². The number of rotatable bonds is 3. The van der Waals surface area contributed by atoms with E-state index in [9.17, 15) is 4.79 Å². The lowest BCUT2D eigenvalue weighted by molar-refractivity contribution is 0.102. The third kappa shape index (κ3) is 3.35. The van der Waals surface area contributed by atoms with Gasteiger partial charge in [-0.3, -0.25) is 9.79 Å². The first-order chi connectivity index (χ1) is 9.24. The number of nitrogens with zero attached hydrogens (tertiary/aromatic N) is 1. The molecular weight excluding hydrogens is 256 g/mol. The third-order valence-corrected chi connectivity index (χ3v) is 3.90. The van der Waals surface area contributed by atoms with E-state index < -0.39 is 0 Å². The van der Waals surface area contributed by atoms with Crippen LogP contribution >= 0.6 is 11.8 Å². The van der Waals surface area contributed by atoms with Crippen molar-refractivity contribution < 1.29 is 4.79 Å². The van der Waals surface area contributed by atoms with Gasteiger partial charge in [0.2, 0.25) is 0 Å². The van der Waals surface area contributed by atoms with E-state index in [-0.39, 0.29) is 5.78 Å². The van der Waals surface area contributed by atoms with Gasteiger partial charge < -0.3 is 5.32 Å². The average Bonchev–Trinajstić information content (AvgIpc) is 2.47. The second-order valence-electron chi connectivity index (χ2n) is 4.05. The SMILES string of the molecule is CN=C(NC)SCC(=O)c1ccc2ccccc2c1. The summed E-state index contributed by atoms with van der Waals surface area (Å²) in [7, 11) is 3.51. The van der Waals surface area contributed by atoms with Gasteiger partial charge >= 0.3 is 0 Å². The van der Waals surface area contributed by atoms with Gasteiger partial charge in [0.05, 0.1) is 5.75 Å². The molecule has 0 fully saturated rings. The summed E-state index contributed by atoms with van der Waals surface area (Å²) in [6, 6.07) is 13.9. The number of benzene rings is 2. The van der Waals surface area contributed by atoms with Crippen LogP contribution in [0.25, 0.3) is 10.8 Å². The number of ketones is 1. The van der Waals surface area contributed by atoms with Crippen molar-refractivity contribution in [2.75, 3.05) is 19.8 Å². The molecular formula is C15H16N2OS. The van der Waals surface area contributed by atoms with Crippen LogP contribution in [0.15, 0.2) is 47.5 Å². The molecule has 0 bridgehead atoms. The summed E-state index contributed by atoms with van der Waals surface area (Å²) >= 11 is 1.42. The summed E-state index contributed by atoms with van der Waals surface area (Å²) < 4.78 is 0. The molecule has 2 rings (SSSR count). The number of hydrogen-bond donors (Lipinski definition) is 1. The van der Waals surface area contributed by atoms with Crippen LogP contribution < -0.4 is 5.32 Å². The van der Waals surface area contributed by atoms with Gasteiger partial charge in [-0.05, 0) is 16.8 Å². The maximum Gasteiger partial charge on any atom is 0.173 e. The first kappa shape index (κ1) is 13.6. The molecule has 0 aliphatic carbocycles. The summed E-state index contributed by atoms with van der Waals surface area (Å²) in [5.74, 6) is 0.512. The van der Waals surface area contributed by atoms with E-state index in [1.807, 2.05) is 42.5 Å². The van der Waals surface area contributed by atoms with Gasteiger partial charge in [0.25, 0.3) is 0 Å². The molecule has 0 radical (unpaired) electrons. The van der Waals surface area contributed by atoms with Crippen LogP contribution in [-0.4, -0.2) is 30.8 Å². The molecule has 0 heterocycles. The lowest BCUT2D eigenvalue weighted by Crippen LogP contribution is -2.16. The highest BCUT2D eigenvalue weighted by Gasteiger charge is 2.08. The summed E-state index contributed by atoms with van der Waals surface area (Å²) in [6.45, 7) is 0. The van der Waals surface area contributed by atoms with Crippen LogP contribution in [0.2, 0.25) is 0 Å². The molecule has 1 N–H and O–H groups in total. The maximum absolute atomic E-state index is 12.1. The Morgan fingerprint density at radius 3 is 2.63 bits per heavy atom. The number of Topliss-reactive ketones (excluding diaryl/α,β-unsaturated/α-hetero) is 1. The van der Waals surface area contributed by atoms with E-state index >= 15 is 0 Å². The van der Waals surface area contributed by atoms with Crippen LogP contribution in [0, 0.1) is 0 Å². The van der Waals surface area contributed by atoms with Gasteiger partial charge in [0.1, 0.15) is 0 Å². The first-order valence-corrected chi connectivity index (χ1v) is 7.02. The maximum atomic E-state index is 12.1. The lowest BCUT2D eigenvalue weighted by Gasteiger charge is -2.05. The molecule has 19 heavy (non-hydrogen) atoms. The molecule has 3 nitrogen and oxygen atoms in total. The van der Waals surface area contributed by atoms with Crippen molar-refractivity contribution in [3.63, 3.8) is 0 Å². The van der Waals surface area contributed by atoms with Gasteiger partial charge in [-0.2, -0.15) is 0 Å². The normalized spacial score (nSPS) is 11.6. The minimum absolute atomic E-state index is 0.118. The van der Waals surface area contributed by atoms with E-state index in [4.69, 9.17) is 0 Å². The Hall–Kier alpha value is -1.81. The number of carbonyl (C=O) groups is 1. The van der Waals surface area contributed by atoms with Gasteiger partial charge in [0, 0.05) is 19.7 Å². The Kier molecular flexibility index (Phi) is 4.58. The van der Waals surface area contributed by atoms with Crippen molar-refractivity contribution in [2.24, 2.45) is 4.99 Å². The molecule has 0 aliphatic heterocycles. The predicted octanol–water partition coefficient (Wildman–Crippen LogP) is 2.96. The molecule has 0 saturated carbocycles. The Morgan fingerprint density at radius 2 is 1.95 bits per heavy atom. The monoisotopic (exact) mass is 272 g/mol. The Balaban J connectivity index is 2.13. The summed E-state index contributed by atoms with van der Waals surface area (Å²) in [5, 5.41) is 5.97. The predicted molar refractivity (Wildman–Crippen MR) is 83.2 cm³/mol. The minimum atomic E-state index is 0.118. The second kappa shape index (κ2) is 6.38. The molecule has 0 saturated heterocycles. The van der Waals surface area contributed by atoms with Crippen molar-refractivity contribution in [3.05, 3.63) is 48.0 Å². The van der Waals surface area contributed by atoms with Crippen LogP contribution in [0.1, 0.15) is 10.4 Å². The fraction of sp³-hybridized carbons (Fsp3) is 0.200. The lowest BCUT2D eigenvalue weighted by atomic mass is 10.1. The molecule has 0 spiro atoms. The quantitative estimate of drug-likeness (QED) is 0.530. The molecule has 0 aliphatic rings. The molecule has 2 aromatic rings. The molecule has 4 heteroatoms. The number of nitrogens with one attached hydrogen (secondary N) is 1. The van der Waals surface area contributed by atoms with Crippen molar-refractivity contribution in [1.82, 2.24) is 5.32 Å². The van der Waals surface area contributed by atoms with Gasteiger partial charge in [0.15, 0.2) is 11.0 Å². The zero-order valence-corrected chi connectivity index (χ0v) is 11.8. The van der Waals surface area contributed by atoms with E-state index in [1.165, 1.54) is 11.8 Å². The highest BCUT2D eigenvalue weighted by atomic mass is 32.2. The van der Waals surface area contributed by atoms with Gasteiger partial charge in [-0.15, -0.1) is 0 Å². The van der Waals surface area contributed by atoms with Gasteiger partial charge in [-0.25, -0.2) is 0 Å². The van der Waals surface area contributed by atoms with Crippen molar-refractivity contribution >= 4 is 33.5 Å². The molecule has 98 valence electrons. The van der Waals surface area contributed by atoms with Crippen LogP contribution in [0.5, 0.6) is 0 Å². The third-order valence-electron chi connectivity index (χ3n) is 2.83. The van der Waals surface area contributed by atoms with E-state index in [1.54, 1.807) is 14.1 Å². The average molecular weight is 272 g/mol. The minimum Gasteiger partial charge on any atom is -0.368 e. The fourth-order valence-electron chi connectivity index (χ4n) is 1.83. The topological polar surface area (TPSA) is 41.5 Å². The Morgan fingerprint density at radius 1 is 1.21 bits per heavy atom. The number of fused-ring (bicyclic) bond motifs is 1. The number of thioether (sulfide) groups is 1. The van der Waals surface area contributed by atoms with E-state index in [0.717, 1.165) is 21.5 Å². The Bertz CT molecular complexity index is 622. The zero-order chi connectivity index (χ0) is 13.7. The smallest absolute Gasteiger partial charge is 0.173 e. The van der Waals surface area contributed by atoms with Gasteiger partial charge in [-0.1, -0.05) is 48.2 Å². The van der Waals surface area contributed by atoms with Crippen molar-refractivity contribution in [3.8, 4) is 0 Å². The molecule has 0 aromatic heterocycles. The number of aliphatic imine (C=N–C) groups is 1. The summed E-state index contributed by atoms with van der Waals surface area (Å²) in [4.78, 5) is 16.2. The molecule has 0 unspecified atom stereocenters. The fourth-order valence-corrected chi connectivity index (χ4v) is 2.54. The van der Waals surface area contributed by atoms with E-state index in [0.29, 0.717) is 5.75 Å². The summed E-state index contributed by atoms with van der Waals surface area (Å²) in [5.41, 5.74) is 0.748. The number of carbonyl (C=O) groups excluding carboxylic acids is 1. The molecule has 0 atom stereocenters. The number of amidine groups is 1. The van der Waals surface area contributed by atoms with Crippen molar-refractivity contribution in [1.29, 1.82) is 0 Å². The summed E-state index contributed by atoms with van der Waals surface area (Å²) in [6.07, 6.45) is 0. The second-order valence-corrected chi connectivity index (χ2v) is 5.02. The van der Waals surface area contributed by atoms with Crippen LogP contribution in [0.4, 0.5) is 0 Å². The highest BCUT2D eigenvalue weighted by Crippen LogP contribution is 2.17. The number of hydrogen-bond acceptors (Lipinski definition) is 3. The zero-order valence-electron chi connectivity index (χ0n) is 11.0. The van der Waals surface area contributed by atoms with Crippen LogP contribution in [0.3, 0.4) is 0 Å². The standard InChI is InChI=1S/C15H16N2OS/c1-16-15(17-2)19-10-14(18)13-8-7-11-5-3-4-6-12(11)9-13/h3-9H,10H2,1-2H3,(H,16,17). The molecule has 0 amide bonds. The van der Waals surface area contributed by atoms with E-state index in [2.05, 4.69) is 10.3 Å².